The molecule has 1 unspecified atom stereocenters. The predicted octanol–water partition coefficient (Wildman–Crippen LogP) is 1.51. The van der Waals surface area contributed by atoms with Gasteiger partial charge in [0.05, 0.1) is 0 Å². The zero-order valence-corrected chi connectivity index (χ0v) is 6.13. The standard InChI is InChI=1S/C7H12N2/c1-5-4-8-7(3)9-6(5)2/h4-5,7H,1-3H3/t5-,7?/m0/s1. The first-order valence-electron chi connectivity index (χ1n) is 3.27. The van der Waals surface area contributed by atoms with E-state index in [2.05, 4.69) is 16.9 Å². The molecule has 1 aliphatic heterocycles. The highest BCUT2D eigenvalue weighted by Gasteiger charge is 2.08. The third-order valence-electron chi connectivity index (χ3n) is 1.57. The normalized spacial score (nSPS) is 34.3. The SMILES string of the molecule is CC1=NC(C)N=C[C@@H]1C. The van der Waals surface area contributed by atoms with Gasteiger partial charge in [-0.2, -0.15) is 0 Å². The minimum absolute atomic E-state index is 0.154. The van der Waals surface area contributed by atoms with Crippen LogP contribution in [0.25, 0.3) is 0 Å². The van der Waals surface area contributed by atoms with Crippen LogP contribution in [0, 0.1) is 5.92 Å². The molecule has 2 heteroatoms. The number of rotatable bonds is 0. The van der Waals surface area contributed by atoms with Crippen molar-refractivity contribution in [2.24, 2.45) is 15.9 Å². The average molecular weight is 124 g/mol. The van der Waals surface area contributed by atoms with Gasteiger partial charge in [0.15, 0.2) is 0 Å². The van der Waals surface area contributed by atoms with Crippen molar-refractivity contribution in [2.45, 2.75) is 26.9 Å². The fourth-order valence-electron chi connectivity index (χ4n) is 0.807. The lowest BCUT2D eigenvalue weighted by Crippen LogP contribution is -2.16. The van der Waals surface area contributed by atoms with Gasteiger partial charge in [-0.1, -0.05) is 6.92 Å². The first-order chi connectivity index (χ1) is 4.20. The third-order valence-corrected chi connectivity index (χ3v) is 1.57. The molecule has 0 radical (unpaired) electrons. The van der Waals surface area contributed by atoms with E-state index in [4.69, 9.17) is 0 Å². The predicted molar refractivity (Wildman–Crippen MR) is 40.2 cm³/mol. The van der Waals surface area contributed by atoms with Crippen LogP contribution in [-0.2, 0) is 0 Å². The van der Waals surface area contributed by atoms with Crippen LogP contribution >= 0.6 is 0 Å². The summed E-state index contributed by atoms with van der Waals surface area (Å²) in [5.41, 5.74) is 1.19. The Kier molecular flexibility index (Phi) is 1.65. The summed E-state index contributed by atoms with van der Waals surface area (Å²) in [6, 6.07) is 0. The highest BCUT2D eigenvalue weighted by molar-refractivity contribution is 5.97. The highest BCUT2D eigenvalue weighted by atomic mass is 15.0. The molecule has 0 spiro atoms. The van der Waals surface area contributed by atoms with Crippen molar-refractivity contribution in [1.29, 1.82) is 0 Å². The van der Waals surface area contributed by atoms with E-state index < -0.39 is 0 Å². The zero-order chi connectivity index (χ0) is 6.85. The molecule has 0 saturated carbocycles. The molecule has 0 aromatic carbocycles. The third kappa shape index (κ3) is 1.37. The van der Waals surface area contributed by atoms with Crippen LogP contribution in [0.3, 0.4) is 0 Å². The Bertz CT molecular complexity index is 158. The Hall–Kier alpha value is -0.660. The van der Waals surface area contributed by atoms with Crippen molar-refractivity contribution in [3.05, 3.63) is 0 Å². The van der Waals surface area contributed by atoms with E-state index in [0.29, 0.717) is 5.92 Å². The van der Waals surface area contributed by atoms with Gasteiger partial charge in [0.1, 0.15) is 6.17 Å². The van der Waals surface area contributed by atoms with E-state index in [1.165, 1.54) is 5.71 Å². The molecule has 1 aliphatic rings. The van der Waals surface area contributed by atoms with Crippen molar-refractivity contribution in [2.75, 3.05) is 0 Å². The molecule has 0 aromatic heterocycles. The van der Waals surface area contributed by atoms with Gasteiger partial charge in [-0.05, 0) is 13.8 Å². The van der Waals surface area contributed by atoms with Gasteiger partial charge >= 0.3 is 0 Å². The van der Waals surface area contributed by atoms with Crippen molar-refractivity contribution < 1.29 is 0 Å². The van der Waals surface area contributed by atoms with E-state index in [1.807, 2.05) is 20.1 Å². The lowest BCUT2D eigenvalue weighted by molar-refractivity contribution is 0.761. The molecule has 0 fully saturated rings. The van der Waals surface area contributed by atoms with E-state index in [9.17, 15) is 0 Å². The second-order valence-electron chi connectivity index (χ2n) is 2.49. The Labute approximate surface area is 55.7 Å². The van der Waals surface area contributed by atoms with E-state index in [-0.39, 0.29) is 6.17 Å². The van der Waals surface area contributed by atoms with E-state index in [1.54, 1.807) is 0 Å². The number of nitrogens with zero attached hydrogens (tertiary/aromatic N) is 2. The molecule has 0 aromatic rings. The summed E-state index contributed by atoms with van der Waals surface area (Å²) >= 11 is 0. The molecular formula is C7H12N2. The highest BCUT2D eigenvalue weighted by Crippen LogP contribution is 2.05. The summed E-state index contributed by atoms with van der Waals surface area (Å²) < 4.78 is 0. The van der Waals surface area contributed by atoms with Crippen LogP contribution in [0.15, 0.2) is 9.98 Å². The molecule has 1 rings (SSSR count). The molecule has 0 amide bonds. The van der Waals surface area contributed by atoms with Gasteiger partial charge in [-0.25, -0.2) is 0 Å². The summed E-state index contributed by atoms with van der Waals surface area (Å²) in [6.07, 6.45) is 2.12. The fraction of sp³-hybridized carbons (Fsp3) is 0.714. The van der Waals surface area contributed by atoms with Gasteiger partial charge in [0, 0.05) is 17.8 Å². The van der Waals surface area contributed by atoms with Crippen LogP contribution in [0.5, 0.6) is 0 Å². The van der Waals surface area contributed by atoms with Gasteiger partial charge in [-0.15, -0.1) is 0 Å². The van der Waals surface area contributed by atoms with Crippen molar-refractivity contribution in [3.63, 3.8) is 0 Å². The summed E-state index contributed by atoms with van der Waals surface area (Å²) in [6.45, 7) is 6.15. The summed E-state index contributed by atoms with van der Waals surface area (Å²) in [5, 5.41) is 0. The summed E-state index contributed by atoms with van der Waals surface area (Å²) in [7, 11) is 0. The van der Waals surface area contributed by atoms with Crippen LogP contribution < -0.4 is 0 Å². The quantitative estimate of drug-likeness (QED) is 0.467. The molecule has 50 valence electrons. The van der Waals surface area contributed by atoms with Crippen molar-refractivity contribution >= 4 is 11.9 Å². The molecule has 2 atom stereocenters. The van der Waals surface area contributed by atoms with Crippen LogP contribution in [0.4, 0.5) is 0 Å². The maximum Gasteiger partial charge on any atom is 0.136 e. The van der Waals surface area contributed by atoms with Crippen molar-refractivity contribution in [1.82, 2.24) is 0 Å². The first kappa shape index (κ1) is 6.46. The van der Waals surface area contributed by atoms with Gasteiger partial charge in [0.25, 0.3) is 0 Å². The maximum absolute atomic E-state index is 4.28. The molecule has 2 nitrogen and oxygen atoms in total. The minimum atomic E-state index is 0.154. The number of aliphatic imine (C=N–C) groups is 2. The number of hydrogen-bond acceptors (Lipinski definition) is 2. The molecule has 1 heterocycles. The van der Waals surface area contributed by atoms with Crippen LogP contribution in [-0.4, -0.2) is 18.1 Å². The van der Waals surface area contributed by atoms with Crippen LogP contribution in [0.1, 0.15) is 20.8 Å². The summed E-state index contributed by atoms with van der Waals surface area (Å²) in [5.74, 6) is 0.446. The minimum Gasteiger partial charge on any atom is -0.270 e. The van der Waals surface area contributed by atoms with Crippen molar-refractivity contribution in [3.8, 4) is 0 Å². The van der Waals surface area contributed by atoms with Gasteiger partial charge in [-0.3, -0.25) is 9.98 Å². The Morgan fingerprint density at radius 2 is 2.11 bits per heavy atom. The summed E-state index contributed by atoms with van der Waals surface area (Å²) in [4.78, 5) is 8.43. The Morgan fingerprint density at radius 3 is 2.56 bits per heavy atom. The lowest BCUT2D eigenvalue weighted by atomic mass is 10.1. The Morgan fingerprint density at radius 1 is 1.44 bits per heavy atom. The van der Waals surface area contributed by atoms with E-state index >= 15 is 0 Å². The maximum atomic E-state index is 4.28. The van der Waals surface area contributed by atoms with Gasteiger partial charge in [0.2, 0.25) is 0 Å². The second kappa shape index (κ2) is 2.29. The molecule has 9 heavy (non-hydrogen) atoms. The molecule has 0 saturated heterocycles. The molecule has 0 aliphatic carbocycles. The number of hydrogen-bond donors (Lipinski definition) is 0. The lowest BCUT2D eigenvalue weighted by Gasteiger charge is -2.13. The zero-order valence-electron chi connectivity index (χ0n) is 6.13. The first-order valence-corrected chi connectivity index (χ1v) is 3.27. The average Bonchev–Trinajstić information content (AvgIpc) is 1.80. The second-order valence-corrected chi connectivity index (χ2v) is 2.49. The largest absolute Gasteiger partial charge is 0.270 e. The monoisotopic (exact) mass is 124 g/mol. The van der Waals surface area contributed by atoms with E-state index in [0.717, 1.165) is 0 Å². The molecule has 0 N–H and O–H groups in total. The molecular weight excluding hydrogens is 112 g/mol. The Balaban J connectivity index is 2.70. The topological polar surface area (TPSA) is 24.7 Å². The van der Waals surface area contributed by atoms with Gasteiger partial charge < -0.3 is 0 Å². The smallest absolute Gasteiger partial charge is 0.136 e. The fourth-order valence-corrected chi connectivity index (χ4v) is 0.807. The molecule has 0 bridgehead atoms. The van der Waals surface area contributed by atoms with Crippen LogP contribution in [0.2, 0.25) is 0 Å².